The average molecular weight is 243 g/mol. The van der Waals surface area contributed by atoms with Crippen molar-refractivity contribution in [1.82, 2.24) is 0 Å². The van der Waals surface area contributed by atoms with Crippen molar-refractivity contribution >= 4 is 11.6 Å². The number of ketones is 2. The van der Waals surface area contributed by atoms with Crippen LogP contribution in [0.15, 0.2) is 35.6 Å². The van der Waals surface area contributed by atoms with Crippen LogP contribution >= 0.6 is 0 Å². The molecule has 0 saturated heterocycles. The van der Waals surface area contributed by atoms with Crippen molar-refractivity contribution < 1.29 is 14.3 Å². The third-order valence-electron chi connectivity index (χ3n) is 3.54. The molecular weight excluding hydrogens is 230 g/mol. The molecule has 4 nitrogen and oxygen atoms in total. The van der Waals surface area contributed by atoms with Gasteiger partial charge in [-0.25, -0.2) is 0 Å². The number of allylic oxidation sites excluding steroid dienone is 1. The molecule has 0 spiro atoms. The van der Waals surface area contributed by atoms with Gasteiger partial charge in [-0.05, 0) is 13.8 Å². The van der Waals surface area contributed by atoms with Gasteiger partial charge in [-0.15, -0.1) is 0 Å². The molecule has 0 saturated carbocycles. The number of fused-ring (bicyclic) bond motifs is 1. The summed E-state index contributed by atoms with van der Waals surface area (Å²) in [6.07, 6.45) is 0. The van der Waals surface area contributed by atoms with Crippen LogP contribution in [0.25, 0.3) is 0 Å². The van der Waals surface area contributed by atoms with Crippen LogP contribution in [0.2, 0.25) is 0 Å². The third kappa shape index (κ3) is 1.24. The predicted molar refractivity (Wildman–Crippen MR) is 65.3 cm³/mol. The third-order valence-corrected chi connectivity index (χ3v) is 3.54. The second-order valence-electron chi connectivity index (χ2n) is 5.13. The highest BCUT2D eigenvalue weighted by molar-refractivity contribution is 6.27. The molecular formula is C14H13NO3. The number of rotatable bonds is 0. The summed E-state index contributed by atoms with van der Waals surface area (Å²) >= 11 is 0. The van der Waals surface area contributed by atoms with Gasteiger partial charge in [0.15, 0.2) is 11.5 Å². The Balaban J connectivity index is 2.22. The topological polar surface area (TPSA) is 69.4 Å². The number of Topliss-reactive ketones (excluding diaryl/α,β-unsaturated/α-hetero) is 2. The fourth-order valence-corrected chi connectivity index (χ4v) is 2.43. The van der Waals surface area contributed by atoms with Gasteiger partial charge in [0.2, 0.25) is 5.78 Å². The lowest BCUT2D eigenvalue weighted by molar-refractivity contribution is 0.0427. The van der Waals surface area contributed by atoms with Crippen LogP contribution in [0.5, 0.6) is 0 Å². The number of hydrogen-bond donors (Lipinski definition) is 1. The van der Waals surface area contributed by atoms with E-state index in [2.05, 4.69) is 0 Å². The zero-order valence-electron chi connectivity index (χ0n) is 10.2. The molecule has 1 aliphatic heterocycles. The van der Waals surface area contributed by atoms with Crippen molar-refractivity contribution in [2.45, 2.75) is 25.5 Å². The van der Waals surface area contributed by atoms with Gasteiger partial charge in [0.25, 0.3) is 0 Å². The zero-order valence-corrected chi connectivity index (χ0v) is 10.2. The van der Waals surface area contributed by atoms with Gasteiger partial charge in [0.05, 0.1) is 11.6 Å². The molecule has 1 heterocycles. The SMILES string of the molecule is CC1(C)OC2=C(C(=O)c3ccccc3C2=O)C1N. The van der Waals surface area contributed by atoms with Crippen molar-refractivity contribution in [1.29, 1.82) is 0 Å². The number of nitrogens with two attached hydrogens (primary N) is 1. The van der Waals surface area contributed by atoms with Crippen molar-refractivity contribution in [3.63, 3.8) is 0 Å². The van der Waals surface area contributed by atoms with E-state index in [1.165, 1.54) is 0 Å². The van der Waals surface area contributed by atoms with E-state index >= 15 is 0 Å². The van der Waals surface area contributed by atoms with Crippen LogP contribution in [0.1, 0.15) is 34.6 Å². The molecule has 3 rings (SSSR count). The molecule has 92 valence electrons. The molecule has 1 atom stereocenters. The summed E-state index contributed by atoms with van der Waals surface area (Å²) in [4.78, 5) is 24.7. The molecule has 2 N–H and O–H groups in total. The molecule has 0 aromatic heterocycles. The maximum absolute atomic E-state index is 12.4. The lowest BCUT2D eigenvalue weighted by atomic mass is 9.83. The van der Waals surface area contributed by atoms with E-state index in [1.807, 2.05) is 0 Å². The van der Waals surface area contributed by atoms with Gasteiger partial charge in [0, 0.05) is 11.1 Å². The Hall–Kier alpha value is -1.94. The first-order valence-corrected chi connectivity index (χ1v) is 5.80. The van der Waals surface area contributed by atoms with Gasteiger partial charge in [-0.2, -0.15) is 0 Å². The van der Waals surface area contributed by atoms with Crippen molar-refractivity contribution in [2.24, 2.45) is 5.73 Å². The number of ether oxygens (including phenoxy) is 1. The minimum absolute atomic E-state index is 0.121. The van der Waals surface area contributed by atoms with Gasteiger partial charge < -0.3 is 10.5 Å². The summed E-state index contributed by atoms with van der Waals surface area (Å²) in [6, 6.07) is 6.19. The quantitative estimate of drug-likeness (QED) is 0.748. The van der Waals surface area contributed by atoms with Crippen LogP contribution in [-0.4, -0.2) is 23.2 Å². The molecule has 4 heteroatoms. The molecule has 1 aliphatic carbocycles. The van der Waals surface area contributed by atoms with E-state index in [1.54, 1.807) is 38.1 Å². The van der Waals surface area contributed by atoms with Crippen LogP contribution in [-0.2, 0) is 4.74 Å². The monoisotopic (exact) mass is 243 g/mol. The number of carbonyl (C=O) groups is 2. The Labute approximate surface area is 104 Å². The fourth-order valence-electron chi connectivity index (χ4n) is 2.43. The van der Waals surface area contributed by atoms with Gasteiger partial charge in [-0.1, -0.05) is 24.3 Å². The predicted octanol–water partition coefficient (Wildman–Crippen LogP) is 1.46. The molecule has 1 aromatic rings. The molecule has 0 radical (unpaired) electrons. The molecule has 18 heavy (non-hydrogen) atoms. The smallest absolute Gasteiger partial charge is 0.228 e. The largest absolute Gasteiger partial charge is 0.481 e. The van der Waals surface area contributed by atoms with E-state index in [0.717, 1.165) is 0 Å². The van der Waals surface area contributed by atoms with Crippen molar-refractivity contribution in [2.75, 3.05) is 0 Å². The highest BCUT2D eigenvalue weighted by atomic mass is 16.5. The molecule has 0 bridgehead atoms. The lowest BCUT2D eigenvalue weighted by Gasteiger charge is -2.23. The maximum Gasteiger partial charge on any atom is 0.228 e. The van der Waals surface area contributed by atoms with Crippen LogP contribution in [0.4, 0.5) is 0 Å². The molecule has 1 aromatic carbocycles. The summed E-state index contributed by atoms with van der Waals surface area (Å²) < 4.78 is 5.59. The average Bonchev–Trinajstić information content (AvgIpc) is 2.58. The van der Waals surface area contributed by atoms with Crippen molar-refractivity contribution in [3.05, 3.63) is 46.7 Å². The normalized spacial score (nSPS) is 24.7. The van der Waals surface area contributed by atoms with E-state index in [-0.39, 0.29) is 17.3 Å². The molecule has 0 fully saturated rings. The maximum atomic E-state index is 12.4. The van der Waals surface area contributed by atoms with Gasteiger partial charge in [0.1, 0.15) is 5.60 Å². The number of hydrogen-bond acceptors (Lipinski definition) is 4. The summed E-state index contributed by atoms with van der Waals surface area (Å²) in [5, 5.41) is 0. The molecule has 2 aliphatic rings. The van der Waals surface area contributed by atoms with Crippen molar-refractivity contribution in [3.8, 4) is 0 Å². The van der Waals surface area contributed by atoms with E-state index in [9.17, 15) is 9.59 Å². The second-order valence-corrected chi connectivity index (χ2v) is 5.13. The Morgan fingerprint density at radius 3 is 2.28 bits per heavy atom. The van der Waals surface area contributed by atoms with Gasteiger partial charge in [-0.3, -0.25) is 9.59 Å². The van der Waals surface area contributed by atoms with E-state index in [0.29, 0.717) is 16.7 Å². The van der Waals surface area contributed by atoms with Gasteiger partial charge >= 0.3 is 0 Å². The van der Waals surface area contributed by atoms with Crippen LogP contribution < -0.4 is 5.73 Å². The number of benzene rings is 1. The fraction of sp³-hybridized carbons (Fsp3) is 0.286. The molecule has 0 amide bonds. The van der Waals surface area contributed by atoms with E-state index < -0.39 is 11.6 Å². The summed E-state index contributed by atoms with van der Waals surface area (Å²) in [6.45, 7) is 3.56. The minimum atomic E-state index is -0.724. The highest BCUT2D eigenvalue weighted by Gasteiger charge is 2.49. The Morgan fingerprint density at radius 2 is 1.67 bits per heavy atom. The summed E-state index contributed by atoms with van der Waals surface area (Å²) in [5.41, 5.74) is 6.42. The highest BCUT2D eigenvalue weighted by Crippen LogP contribution is 2.39. The minimum Gasteiger partial charge on any atom is -0.481 e. The Kier molecular flexibility index (Phi) is 2.04. The van der Waals surface area contributed by atoms with E-state index in [4.69, 9.17) is 10.5 Å². The Bertz CT molecular complexity index is 613. The standard InChI is InChI=1S/C14H13NO3/c1-14(2)13(15)9-10(16)7-5-3-4-6-8(7)11(17)12(9)18-14/h3-6,13H,15H2,1-2H3. The first-order chi connectivity index (χ1) is 8.43. The molecule has 1 unspecified atom stereocenters. The van der Waals surface area contributed by atoms with Crippen LogP contribution in [0, 0.1) is 0 Å². The van der Waals surface area contributed by atoms with Crippen LogP contribution in [0.3, 0.4) is 0 Å². The second kappa shape index (κ2) is 3.29. The zero-order chi connectivity index (χ0) is 13.1. The lowest BCUT2D eigenvalue weighted by Crippen LogP contribution is -2.43. The summed E-state index contributed by atoms with van der Waals surface area (Å²) in [5.74, 6) is -0.323. The first-order valence-electron chi connectivity index (χ1n) is 5.80. The summed E-state index contributed by atoms with van der Waals surface area (Å²) in [7, 11) is 0. The Morgan fingerprint density at radius 1 is 1.11 bits per heavy atom. The number of carbonyl (C=O) groups excluding carboxylic acids is 2. The first kappa shape index (κ1) is 11.2.